The first kappa shape index (κ1) is 14.9. The van der Waals surface area contributed by atoms with Crippen LogP contribution in [0, 0.1) is 5.92 Å². The maximum atomic E-state index is 11.6. The first-order chi connectivity index (χ1) is 9.70. The first-order valence-corrected chi connectivity index (χ1v) is 7.18. The molecule has 1 saturated heterocycles. The van der Waals surface area contributed by atoms with Gasteiger partial charge in [0, 0.05) is 12.7 Å². The van der Waals surface area contributed by atoms with Crippen molar-refractivity contribution < 1.29 is 14.6 Å². The zero-order chi connectivity index (χ0) is 14.4. The maximum absolute atomic E-state index is 11.6. The van der Waals surface area contributed by atoms with Gasteiger partial charge in [-0.3, -0.25) is 9.78 Å². The van der Waals surface area contributed by atoms with Crippen LogP contribution in [0.25, 0.3) is 0 Å². The highest BCUT2D eigenvalue weighted by atomic mass is 16.5. The van der Waals surface area contributed by atoms with E-state index in [2.05, 4.69) is 9.88 Å². The molecule has 0 spiro atoms. The zero-order valence-corrected chi connectivity index (χ0v) is 11.9. The zero-order valence-electron chi connectivity index (χ0n) is 11.9. The minimum atomic E-state index is -0.574. The van der Waals surface area contributed by atoms with E-state index in [1.54, 1.807) is 6.20 Å². The lowest BCUT2D eigenvalue weighted by Gasteiger charge is -2.31. The van der Waals surface area contributed by atoms with E-state index in [-0.39, 0.29) is 11.9 Å². The molecule has 5 nitrogen and oxygen atoms in total. The van der Waals surface area contributed by atoms with Crippen LogP contribution in [0.2, 0.25) is 0 Å². The van der Waals surface area contributed by atoms with Gasteiger partial charge in [-0.05, 0) is 45.0 Å². The molecule has 1 unspecified atom stereocenters. The van der Waals surface area contributed by atoms with E-state index in [4.69, 9.17) is 4.74 Å². The second kappa shape index (κ2) is 7.36. The van der Waals surface area contributed by atoms with Crippen LogP contribution >= 0.6 is 0 Å². The number of likely N-dealkylation sites (tertiary alicyclic amines) is 1. The molecule has 1 atom stereocenters. The third-order valence-electron chi connectivity index (χ3n) is 3.67. The minimum Gasteiger partial charge on any atom is -0.466 e. The fourth-order valence-corrected chi connectivity index (χ4v) is 2.52. The van der Waals surface area contributed by atoms with Crippen molar-refractivity contribution in [3.05, 3.63) is 30.1 Å². The van der Waals surface area contributed by atoms with Gasteiger partial charge in [0.1, 0.15) is 6.10 Å². The predicted molar refractivity (Wildman–Crippen MR) is 75.0 cm³/mol. The molecule has 0 amide bonds. The second-order valence-corrected chi connectivity index (χ2v) is 5.10. The summed E-state index contributed by atoms with van der Waals surface area (Å²) in [6.07, 6.45) is 2.71. The SMILES string of the molecule is CCOC(=O)C1CCN(CC(O)c2ccccn2)CC1. The summed E-state index contributed by atoms with van der Waals surface area (Å²) in [7, 11) is 0. The second-order valence-electron chi connectivity index (χ2n) is 5.10. The van der Waals surface area contributed by atoms with E-state index in [1.165, 1.54) is 0 Å². The highest BCUT2D eigenvalue weighted by Gasteiger charge is 2.27. The van der Waals surface area contributed by atoms with Crippen LogP contribution in [0.3, 0.4) is 0 Å². The summed E-state index contributed by atoms with van der Waals surface area (Å²) in [5.41, 5.74) is 0.694. The fraction of sp³-hybridized carbons (Fsp3) is 0.600. The highest BCUT2D eigenvalue weighted by molar-refractivity contribution is 5.72. The summed E-state index contributed by atoms with van der Waals surface area (Å²) in [5, 5.41) is 10.1. The molecular formula is C15H22N2O3. The molecule has 0 aliphatic carbocycles. The molecule has 2 rings (SSSR count). The van der Waals surface area contributed by atoms with Crippen molar-refractivity contribution in [1.82, 2.24) is 9.88 Å². The summed E-state index contributed by atoms with van der Waals surface area (Å²) in [6, 6.07) is 5.54. The number of nitrogens with zero attached hydrogens (tertiary/aromatic N) is 2. The summed E-state index contributed by atoms with van der Waals surface area (Å²) in [6.45, 7) is 4.46. The van der Waals surface area contributed by atoms with E-state index >= 15 is 0 Å². The molecule has 1 N–H and O–H groups in total. The Hall–Kier alpha value is -1.46. The van der Waals surface area contributed by atoms with Gasteiger partial charge in [-0.25, -0.2) is 0 Å². The Bertz CT molecular complexity index is 416. The minimum absolute atomic E-state index is 0.0122. The van der Waals surface area contributed by atoms with Crippen molar-refractivity contribution >= 4 is 5.97 Å². The largest absolute Gasteiger partial charge is 0.466 e. The smallest absolute Gasteiger partial charge is 0.309 e. The van der Waals surface area contributed by atoms with Crippen LogP contribution in [-0.2, 0) is 9.53 Å². The van der Waals surface area contributed by atoms with Crippen LogP contribution in [0.1, 0.15) is 31.6 Å². The number of carbonyl (C=O) groups is 1. The Balaban J connectivity index is 1.78. The molecule has 20 heavy (non-hydrogen) atoms. The number of hydrogen-bond donors (Lipinski definition) is 1. The monoisotopic (exact) mass is 278 g/mol. The number of carbonyl (C=O) groups excluding carboxylic acids is 1. The maximum Gasteiger partial charge on any atom is 0.309 e. The molecule has 1 aromatic heterocycles. The number of β-amino-alcohol motifs (C(OH)–C–C–N with tert-alkyl or cyclic N) is 1. The quantitative estimate of drug-likeness (QED) is 0.825. The first-order valence-electron chi connectivity index (χ1n) is 7.18. The van der Waals surface area contributed by atoms with Crippen LogP contribution < -0.4 is 0 Å². The molecule has 1 aromatic rings. The Morgan fingerprint density at radius 2 is 2.25 bits per heavy atom. The fourth-order valence-electron chi connectivity index (χ4n) is 2.52. The van der Waals surface area contributed by atoms with E-state index in [0.717, 1.165) is 25.9 Å². The number of rotatable bonds is 5. The molecule has 0 radical (unpaired) electrons. The number of aliphatic hydroxyl groups excluding tert-OH is 1. The number of hydrogen-bond acceptors (Lipinski definition) is 5. The average Bonchev–Trinajstić information content (AvgIpc) is 2.49. The average molecular weight is 278 g/mol. The Labute approximate surface area is 119 Å². The lowest BCUT2D eigenvalue weighted by molar-refractivity contribution is -0.149. The number of pyridine rings is 1. The van der Waals surface area contributed by atoms with Crippen molar-refractivity contribution in [3.8, 4) is 0 Å². The van der Waals surface area contributed by atoms with Gasteiger partial charge in [0.05, 0.1) is 18.2 Å². The summed E-state index contributed by atoms with van der Waals surface area (Å²) in [5.74, 6) is -0.0735. The number of aromatic nitrogens is 1. The van der Waals surface area contributed by atoms with Crippen molar-refractivity contribution in [2.45, 2.75) is 25.9 Å². The normalized spacial score (nSPS) is 18.7. The molecule has 1 fully saturated rings. The highest BCUT2D eigenvalue weighted by Crippen LogP contribution is 2.21. The lowest BCUT2D eigenvalue weighted by atomic mass is 9.96. The molecule has 2 heterocycles. The molecule has 5 heteroatoms. The van der Waals surface area contributed by atoms with Crippen molar-refractivity contribution in [2.24, 2.45) is 5.92 Å². The summed E-state index contributed by atoms with van der Waals surface area (Å²) < 4.78 is 5.05. The Morgan fingerprint density at radius 1 is 1.50 bits per heavy atom. The van der Waals surface area contributed by atoms with Crippen molar-refractivity contribution in [3.63, 3.8) is 0 Å². The van der Waals surface area contributed by atoms with E-state index in [9.17, 15) is 9.90 Å². The molecule has 1 aliphatic heterocycles. The van der Waals surface area contributed by atoms with E-state index < -0.39 is 6.10 Å². The van der Waals surface area contributed by atoms with Gasteiger partial charge in [-0.2, -0.15) is 0 Å². The van der Waals surface area contributed by atoms with Gasteiger partial charge in [-0.1, -0.05) is 6.07 Å². The standard InChI is InChI=1S/C15H22N2O3/c1-2-20-15(19)12-6-9-17(10-7-12)11-14(18)13-5-3-4-8-16-13/h3-5,8,12,14,18H,2,6-7,9-11H2,1H3. The number of esters is 1. The third kappa shape index (κ3) is 4.02. The summed E-state index contributed by atoms with van der Waals surface area (Å²) in [4.78, 5) is 18.0. The lowest BCUT2D eigenvalue weighted by Crippen LogP contribution is -2.39. The van der Waals surface area contributed by atoms with E-state index in [0.29, 0.717) is 18.8 Å². The molecule has 1 aliphatic rings. The Kier molecular flexibility index (Phi) is 5.49. The van der Waals surface area contributed by atoms with E-state index in [1.807, 2.05) is 25.1 Å². The molecule has 0 bridgehead atoms. The topological polar surface area (TPSA) is 62.7 Å². The van der Waals surface area contributed by atoms with Crippen LogP contribution in [0.15, 0.2) is 24.4 Å². The van der Waals surface area contributed by atoms with Gasteiger partial charge in [0.15, 0.2) is 0 Å². The van der Waals surface area contributed by atoms with Crippen molar-refractivity contribution in [2.75, 3.05) is 26.2 Å². The van der Waals surface area contributed by atoms with Gasteiger partial charge in [-0.15, -0.1) is 0 Å². The van der Waals surface area contributed by atoms with Crippen LogP contribution in [0.5, 0.6) is 0 Å². The molecule has 110 valence electrons. The molecule has 0 aromatic carbocycles. The van der Waals surface area contributed by atoms with Crippen LogP contribution in [0.4, 0.5) is 0 Å². The van der Waals surface area contributed by atoms with Crippen molar-refractivity contribution in [1.29, 1.82) is 0 Å². The number of ether oxygens (including phenoxy) is 1. The van der Waals surface area contributed by atoms with Gasteiger partial charge >= 0.3 is 5.97 Å². The predicted octanol–water partition coefficient (Wildman–Crippen LogP) is 1.39. The van der Waals surface area contributed by atoms with Gasteiger partial charge < -0.3 is 14.7 Å². The number of aliphatic hydroxyl groups is 1. The molecule has 0 saturated carbocycles. The molecular weight excluding hydrogens is 256 g/mol. The number of piperidine rings is 1. The summed E-state index contributed by atoms with van der Waals surface area (Å²) >= 11 is 0. The van der Waals surface area contributed by atoms with Gasteiger partial charge in [0.25, 0.3) is 0 Å². The van der Waals surface area contributed by atoms with Crippen LogP contribution in [-0.4, -0.2) is 47.2 Å². The van der Waals surface area contributed by atoms with Gasteiger partial charge in [0.2, 0.25) is 0 Å². The third-order valence-corrected chi connectivity index (χ3v) is 3.67. The Morgan fingerprint density at radius 3 is 2.85 bits per heavy atom.